The summed E-state index contributed by atoms with van der Waals surface area (Å²) < 4.78 is 21.5. The standard InChI is InChI=1S/C23H18FN7O.CH2O2/c1-25-14-15-5-4-6-17(13-15)22-27-23(32-29-22)20-21(16-9-11-26-12-10-16)31(30-28-20)19-8-3-2-7-18(19)24;2-1-3/h2-13,25H,14H2,1H3;1H,(H,2,3). The van der Waals surface area contributed by atoms with Crippen molar-refractivity contribution in [1.29, 1.82) is 0 Å². The maximum Gasteiger partial charge on any atom is 0.290 e. The molecule has 2 aromatic carbocycles. The molecule has 0 aliphatic heterocycles. The van der Waals surface area contributed by atoms with Crippen molar-refractivity contribution >= 4 is 6.47 Å². The molecule has 11 heteroatoms. The maximum absolute atomic E-state index is 14.6. The summed E-state index contributed by atoms with van der Waals surface area (Å²) >= 11 is 0. The van der Waals surface area contributed by atoms with Gasteiger partial charge in [-0.05, 0) is 42.9 Å². The van der Waals surface area contributed by atoms with Crippen LogP contribution in [0.2, 0.25) is 0 Å². The van der Waals surface area contributed by atoms with Gasteiger partial charge in [-0.25, -0.2) is 9.07 Å². The second-order valence-corrected chi connectivity index (χ2v) is 7.15. The molecule has 0 aliphatic carbocycles. The van der Waals surface area contributed by atoms with Gasteiger partial charge in [0.15, 0.2) is 5.69 Å². The molecular formula is C24H20FN7O3. The molecule has 35 heavy (non-hydrogen) atoms. The van der Waals surface area contributed by atoms with E-state index in [0.717, 1.165) is 23.2 Å². The maximum atomic E-state index is 14.6. The number of halogens is 1. The Morgan fingerprint density at radius 2 is 1.86 bits per heavy atom. The number of aromatic nitrogens is 6. The summed E-state index contributed by atoms with van der Waals surface area (Å²) in [5, 5.41) is 22.6. The van der Waals surface area contributed by atoms with Gasteiger partial charge in [0.2, 0.25) is 5.82 Å². The molecule has 0 saturated heterocycles. The van der Waals surface area contributed by atoms with Crippen LogP contribution in [-0.4, -0.2) is 48.7 Å². The molecule has 0 unspecified atom stereocenters. The first-order chi connectivity index (χ1) is 17.2. The number of nitrogens with one attached hydrogen (secondary N) is 1. The number of para-hydroxylation sites is 1. The Hall–Kier alpha value is -4.77. The van der Waals surface area contributed by atoms with Gasteiger partial charge in [0.1, 0.15) is 17.2 Å². The molecule has 5 aromatic rings. The number of hydrogen-bond donors (Lipinski definition) is 2. The van der Waals surface area contributed by atoms with Crippen LogP contribution in [0.3, 0.4) is 0 Å². The van der Waals surface area contributed by atoms with Crippen LogP contribution in [0.4, 0.5) is 4.39 Å². The van der Waals surface area contributed by atoms with Crippen molar-refractivity contribution < 1.29 is 18.8 Å². The summed E-state index contributed by atoms with van der Waals surface area (Å²) in [6.45, 7) is 0.474. The zero-order valence-electron chi connectivity index (χ0n) is 18.5. The van der Waals surface area contributed by atoms with E-state index < -0.39 is 5.82 Å². The predicted molar refractivity (Wildman–Crippen MR) is 125 cm³/mol. The Labute approximate surface area is 199 Å². The van der Waals surface area contributed by atoms with Crippen LogP contribution in [0.15, 0.2) is 77.6 Å². The Kier molecular flexibility index (Phi) is 7.28. The molecule has 0 radical (unpaired) electrons. The van der Waals surface area contributed by atoms with Crippen molar-refractivity contribution in [3.8, 4) is 39.9 Å². The summed E-state index contributed by atoms with van der Waals surface area (Å²) in [6.07, 6.45) is 3.29. The molecular weight excluding hydrogens is 453 g/mol. The first kappa shape index (κ1) is 23.4. The van der Waals surface area contributed by atoms with Crippen molar-refractivity contribution in [3.63, 3.8) is 0 Å². The van der Waals surface area contributed by atoms with Crippen molar-refractivity contribution in [2.75, 3.05) is 7.05 Å². The fourth-order valence-corrected chi connectivity index (χ4v) is 3.45. The lowest BCUT2D eigenvalue weighted by molar-refractivity contribution is -0.122. The van der Waals surface area contributed by atoms with Crippen molar-refractivity contribution in [2.24, 2.45) is 0 Å². The zero-order valence-corrected chi connectivity index (χ0v) is 18.5. The highest BCUT2D eigenvalue weighted by atomic mass is 19.1. The van der Waals surface area contributed by atoms with Gasteiger partial charge in [-0.2, -0.15) is 4.98 Å². The number of rotatable bonds is 6. The van der Waals surface area contributed by atoms with Gasteiger partial charge in [0, 0.05) is 30.1 Å². The average molecular weight is 473 g/mol. The fraction of sp³-hybridized carbons (Fsp3) is 0.0833. The minimum atomic E-state index is -0.424. The zero-order chi connectivity index (χ0) is 24.6. The van der Waals surface area contributed by atoms with E-state index in [1.807, 2.05) is 31.3 Å². The van der Waals surface area contributed by atoms with Crippen molar-refractivity contribution in [2.45, 2.75) is 6.54 Å². The van der Waals surface area contributed by atoms with E-state index in [-0.39, 0.29) is 18.1 Å². The highest BCUT2D eigenvalue weighted by Gasteiger charge is 2.24. The van der Waals surface area contributed by atoms with Gasteiger partial charge in [-0.3, -0.25) is 9.78 Å². The lowest BCUT2D eigenvalue weighted by atomic mass is 10.1. The molecule has 0 atom stereocenters. The summed E-state index contributed by atoms with van der Waals surface area (Å²) in [6, 6.07) is 17.8. The monoisotopic (exact) mass is 473 g/mol. The number of hydrogen-bond acceptors (Lipinski definition) is 8. The molecule has 176 valence electrons. The largest absolute Gasteiger partial charge is 0.483 e. The molecule has 0 fully saturated rings. The Bertz CT molecular complexity index is 1420. The molecule has 0 amide bonds. The van der Waals surface area contributed by atoms with Gasteiger partial charge < -0.3 is 14.9 Å². The number of benzene rings is 2. The van der Waals surface area contributed by atoms with E-state index in [2.05, 4.69) is 30.8 Å². The predicted octanol–water partition coefficient (Wildman–Crippen LogP) is 3.61. The average Bonchev–Trinajstić information content (AvgIpc) is 3.54. The second-order valence-electron chi connectivity index (χ2n) is 7.15. The SMILES string of the molecule is CNCc1cccc(-c2noc(-c3nnn(-c4ccccc4F)c3-c3ccncc3)n2)c1.O=CO. The third-order valence-corrected chi connectivity index (χ3v) is 4.90. The smallest absolute Gasteiger partial charge is 0.290 e. The molecule has 3 aromatic heterocycles. The van der Waals surface area contributed by atoms with Gasteiger partial charge in [-0.15, -0.1) is 5.10 Å². The van der Waals surface area contributed by atoms with E-state index in [1.54, 1.807) is 42.7 Å². The highest BCUT2D eigenvalue weighted by Crippen LogP contribution is 2.32. The lowest BCUT2D eigenvalue weighted by Gasteiger charge is -2.08. The van der Waals surface area contributed by atoms with E-state index in [9.17, 15) is 4.39 Å². The topological polar surface area (TPSA) is 132 Å². The third-order valence-electron chi connectivity index (χ3n) is 4.90. The number of nitrogens with zero attached hydrogens (tertiary/aromatic N) is 6. The van der Waals surface area contributed by atoms with E-state index in [1.165, 1.54) is 10.7 Å². The molecule has 0 spiro atoms. The summed E-state index contributed by atoms with van der Waals surface area (Å²) in [4.78, 5) is 17.0. The summed E-state index contributed by atoms with van der Waals surface area (Å²) in [5.74, 6) is 0.194. The van der Waals surface area contributed by atoms with E-state index in [4.69, 9.17) is 14.4 Å². The molecule has 3 heterocycles. The van der Waals surface area contributed by atoms with Crippen molar-refractivity contribution in [1.82, 2.24) is 35.4 Å². The Morgan fingerprint density at radius 1 is 1.09 bits per heavy atom. The number of pyridine rings is 1. The van der Waals surface area contributed by atoms with Crippen molar-refractivity contribution in [3.05, 3.63) is 84.4 Å². The quantitative estimate of drug-likeness (QED) is 0.355. The van der Waals surface area contributed by atoms with Crippen LogP contribution in [-0.2, 0) is 11.3 Å². The molecule has 0 saturated carbocycles. The molecule has 5 rings (SSSR count). The molecule has 0 bridgehead atoms. The Morgan fingerprint density at radius 3 is 2.60 bits per heavy atom. The van der Waals surface area contributed by atoms with Gasteiger partial charge in [-0.1, -0.05) is 40.7 Å². The molecule has 10 nitrogen and oxygen atoms in total. The van der Waals surface area contributed by atoms with Crippen LogP contribution >= 0.6 is 0 Å². The van der Waals surface area contributed by atoms with E-state index in [0.29, 0.717) is 17.2 Å². The van der Waals surface area contributed by atoms with Crippen LogP contribution in [0.1, 0.15) is 5.56 Å². The van der Waals surface area contributed by atoms with Crippen LogP contribution in [0.25, 0.3) is 39.9 Å². The molecule has 2 N–H and O–H groups in total. The van der Waals surface area contributed by atoms with Gasteiger partial charge in [0.05, 0.1) is 0 Å². The summed E-state index contributed by atoms with van der Waals surface area (Å²) in [5.41, 5.74) is 3.79. The first-order valence-electron chi connectivity index (χ1n) is 10.4. The fourth-order valence-electron chi connectivity index (χ4n) is 3.45. The highest BCUT2D eigenvalue weighted by molar-refractivity contribution is 5.76. The number of carboxylic acid groups (broad SMARTS) is 1. The van der Waals surface area contributed by atoms with Crippen LogP contribution in [0, 0.1) is 5.82 Å². The van der Waals surface area contributed by atoms with Crippen LogP contribution in [0.5, 0.6) is 0 Å². The number of carbonyl (C=O) groups is 1. The first-order valence-corrected chi connectivity index (χ1v) is 10.4. The lowest BCUT2D eigenvalue weighted by Crippen LogP contribution is -2.04. The Balaban J connectivity index is 0.000000917. The molecule has 0 aliphatic rings. The second kappa shape index (κ2) is 10.9. The van der Waals surface area contributed by atoms with Crippen LogP contribution < -0.4 is 5.32 Å². The van der Waals surface area contributed by atoms with Gasteiger partial charge in [0.25, 0.3) is 12.4 Å². The minimum absolute atomic E-state index is 0.188. The third kappa shape index (κ3) is 5.09. The normalized spacial score (nSPS) is 10.5. The summed E-state index contributed by atoms with van der Waals surface area (Å²) in [7, 11) is 1.89. The minimum Gasteiger partial charge on any atom is -0.483 e. The van der Waals surface area contributed by atoms with E-state index >= 15 is 0 Å². The van der Waals surface area contributed by atoms with Gasteiger partial charge >= 0.3 is 0 Å².